The highest BCUT2D eigenvalue weighted by molar-refractivity contribution is 5.92. The van der Waals surface area contributed by atoms with E-state index in [1.807, 2.05) is 6.07 Å². The summed E-state index contributed by atoms with van der Waals surface area (Å²) in [7, 11) is 0. The summed E-state index contributed by atoms with van der Waals surface area (Å²) >= 11 is 0. The first-order valence-corrected chi connectivity index (χ1v) is 6.86. The summed E-state index contributed by atoms with van der Waals surface area (Å²) in [6.45, 7) is 4.39. The van der Waals surface area contributed by atoms with Gasteiger partial charge in [0.2, 0.25) is 0 Å². The lowest BCUT2D eigenvalue weighted by molar-refractivity contribution is 0.0697. The zero-order valence-corrected chi connectivity index (χ0v) is 11.3. The second-order valence-electron chi connectivity index (χ2n) is 5.44. The molecule has 1 aromatic heterocycles. The van der Waals surface area contributed by atoms with Gasteiger partial charge in [-0.3, -0.25) is 0 Å². The topological polar surface area (TPSA) is 55.1 Å². The van der Waals surface area contributed by atoms with E-state index in [9.17, 15) is 4.79 Å². The molecule has 1 heterocycles. The molecule has 19 heavy (non-hydrogen) atoms. The van der Waals surface area contributed by atoms with Gasteiger partial charge in [0.1, 0.15) is 5.82 Å². The number of hydrogen-bond acceptors (Lipinski definition) is 2. The number of aromatic nitrogens is 2. The molecule has 4 heteroatoms. The molecule has 4 nitrogen and oxygen atoms in total. The van der Waals surface area contributed by atoms with E-state index in [-0.39, 0.29) is 0 Å². The van der Waals surface area contributed by atoms with Gasteiger partial charge in [0.05, 0.1) is 16.6 Å². The van der Waals surface area contributed by atoms with Gasteiger partial charge in [-0.05, 0) is 37.0 Å². The van der Waals surface area contributed by atoms with Crippen LogP contribution in [0.5, 0.6) is 0 Å². The molecule has 0 spiro atoms. The third kappa shape index (κ3) is 2.01. The highest BCUT2D eigenvalue weighted by Crippen LogP contribution is 2.45. The number of hydrogen-bond donors (Lipinski definition) is 1. The second kappa shape index (κ2) is 4.37. The molecule has 2 atom stereocenters. The summed E-state index contributed by atoms with van der Waals surface area (Å²) in [5, 5.41) is 9.05. The number of rotatable bonds is 4. The van der Waals surface area contributed by atoms with Crippen LogP contribution >= 0.6 is 0 Å². The Hall–Kier alpha value is -1.84. The molecule has 0 radical (unpaired) electrons. The van der Waals surface area contributed by atoms with E-state index in [1.165, 1.54) is 6.42 Å². The van der Waals surface area contributed by atoms with Gasteiger partial charge in [-0.25, -0.2) is 9.78 Å². The minimum absolute atomic E-state index is 0.309. The van der Waals surface area contributed by atoms with Crippen LogP contribution < -0.4 is 0 Å². The normalized spacial score (nSPS) is 21.8. The fraction of sp³-hybridized carbons (Fsp3) is 0.467. The Morgan fingerprint density at radius 1 is 1.53 bits per heavy atom. The van der Waals surface area contributed by atoms with Crippen molar-refractivity contribution in [1.82, 2.24) is 9.55 Å². The number of carbonyl (C=O) groups is 1. The highest BCUT2D eigenvalue weighted by Gasteiger charge is 2.36. The van der Waals surface area contributed by atoms with Gasteiger partial charge in [-0.15, -0.1) is 0 Å². The number of carboxylic acids is 1. The van der Waals surface area contributed by atoms with Crippen molar-refractivity contribution in [2.75, 3.05) is 0 Å². The smallest absolute Gasteiger partial charge is 0.335 e. The molecule has 0 bridgehead atoms. The van der Waals surface area contributed by atoms with Crippen LogP contribution in [0.15, 0.2) is 18.2 Å². The van der Waals surface area contributed by atoms with Crippen LogP contribution in [0.3, 0.4) is 0 Å². The van der Waals surface area contributed by atoms with Crippen molar-refractivity contribution in [3.63, 3.8) is 0 Å². The van der Waals surface area contributed by atoms with Crippen LogP contribution in [0.4, 0.5) is 0 Å². The summed E-state index contributed by atoms with van der Waals surface area (Å²) in [6, 6.07) is 5.80. The van der Waals surface area contributed by atoms with E-state index in [4.69, 9.17) is 5.11 Å². The lowest BCUT2D eigenvalue weighted by atomic mass is 10.2. The third-order valence-corrected chi connectivity index (χ3v) is 3.88. The van der Waals surface area contributed by atoms with Gasteiger partial charge < -0.3 is 9.67 Å². The van der Waals surface area contributed by atoms with Crippen LogP contribution in [0, 0.1) is 5.92 Å². The molecule has 3 rings (SSSR count). The van der Waals surface area contributed by atoms with E-state index in [0.717, 1.165) is 29.7 Å². The number of aromatic carboxylic acids is 1. The second-order valence-corrected chi connectivity index (χ2v) is 5.44. The maximum atomic E-state index is 11.0. The maximum Gasteiger partial charge on any atom is 0.335 e. The van der Waals surface area contributed by atoms with Gasteiger partial charge in [-0.1, -0.05) is 13.8 Å². The first-order valence-electron chi connectivity index (χ1n) is 6.86. The molecule has 1 aromatic carbocycles. The molecular weight excluding hydrogens is 240 g/mol. The largest absolute Gasteiger partial charge is 0.478 e. The predicted molar refractivity (Wildman–Crippen MR) is 73.5 cm³/mol. The molecule has 1 N–H and O–H groups in total. The molecule has 2 unspecified atom stereocenters. The molecule has 0 aliphatic heterocycles. The fourth-order valence-corrected chi connectivity index (χ4v) is 2.71. The summed E-state index contributed by atoms with van der Waals surface area (Å²) in [5.74, 6) is 0.898. The van der Waals surface area contributed by atoms with E-state index in [0.29, 0.717) is 17.5 Å². The number of benzene rings is 1. The summed E-state index contributed by atoms with van der Waals surface area (Å²) < 4.78 is 2.31. The summed E-state index contributed by atoms with van der Waals surface area (Å²) in [6.07, 6.45) is 3.19. The molecule has 1 aliphatic carbocycles. The average molecular weight is 258 g/mol. The van der Waals surface area contributed by atoms with Gasteiger partial charge in [0, 0.05) is 12.5 Å². The molecule has 1 saturated carbocycles. The first kappa shape index (κ1) is 12.2. The Morgan fingerprint density at radius 3 is 2.84 bits per heavy atom. The van der Waals surface area contributed by atoms with E-state index in [1.54, 1.807) is 12.1 Å². The SMILES string of the molecule is CCCc1nc2cc(C(=O)O)ccc2n1C1CC1C. The standard InChI is InChI=1S/C15H18N2O2/c1-3-4-14-16-11-8-10(15(18)19)5-6-12(11)17(14)13-7-9(13)2/h5-6,8-9,13H,3-4,7H2,1-2H3,(H,18,19). The third-order valence-electron chi connectivity index (χ3n) is 3.88. The van der Waals surface area contributed by atoms with E-state index >= 15 is 0 Å². The van der Waals surface area contributed by atoms with Crippen LogP contribution in [0.25, 0.3) is 11.0 Å². The van der Waals surface area contributed by atoms with Crippen LogP contribution in [0.2, 0.25) is 0 Å². The van der Waals surface area contributed by atoms with Crippen LogP contribution in [0.1, 0.15) is 48.9 Å². The van der Waals surface area contributed by atoms with Gasteiger partial charge >= 0.3 is 5.97 Å². The van der Waals surface area contributed by atoms with Crippen molar-refractivity contribution in [2.45, 2.75) is 39.2 Å². The van der Waals surface area contributed by atoms with Crippen molar-refractivity contribution in [3.05, 3.63) is 29.6 Å². The molecule has 2 aromatic rings. The van der Waals surface area contributed by atoms with Crippen molar-refractivity contribution in [2.24, 2.45) is 5.92 Å². The van der Waals surface area contributed by atoms with Crippen LogP contribution in [-0.2, 0) is 6.42 Å². The van der Waals surface area contributed by atoms with Gasteiger partial charge in [0.25, 0.3) is 0 Å². The zero-order valence-electron chi connectivity index (χ0n) is 11.3. The summed E-state index contributed by atoms with van der Waals surface area (Å²) in [4.78, 5) is 15.7. The molecule has 1 aliphatic rings. The lowest BCUT2D eigenvalue weighted by Crippen LogP contribution is -2.02. The quantitative estimate of drug-likeness (QED) is 0.915. The molecule has 0 amide bonds. The van der Waals surface area contributed by atoms with Crippen molar-refractivity contribution >= 4 is 17.0 Å². The first-order chi connectivity index (χ1) is 9.11. The Morgan fingerprint density at radius 2 is 2.26 bits per heavy atom. The van der Waals surface area contributed by atoms with Gasteiger partial charge in [-0.2, -0.15) is 0 Å². The van der Waals surface area contributed by atoms with Crippen molar-refractivity contribution < 1.29 is 9.90 Å². The minimum Gasteiger partial charge on any atom is -0.478 e. The zero-order chi connectivity index (χ0) is 13.6. The lowest BCUT2D eigenvalue weighted by Gasteiger charge is -2.07. The number of fused-ring (bicyclic) bond motifs is 1. The van der Waals surface area contributed by atoms with Crippen molar-refractivity contribution in [3.8, 4) is 0 Å². The molecule has 1 fully saturated rings. The maximum absolute atomic E-state index is 11.0. The average Bonchev–Trinajstić information content (AvgIpc) is 2.98. The molecular formula is C15H18N2O2. The monoisotopic (exact) mass is 258 g/mol. The molecule has 0 saturated heterocycles. The Bertz CT molecular complexity index is 645. The van der Waals surface area contributed by atoms with E-state index < -0.39 is 5.97 Å². The number of imidazole rings is 1. The Labute approximate surface area is 112 Å². The van der Waals surface area contributed by atoms with Crippen LogP contribution in [-0.4, -0.2) is 20.6 Å². The molecule has 100 valence electrons. The fourth-order valence-electron chi connectivity index (χ4n) is 2.71. The highest BCUT2D eigenvalue weighted by atomic mass is 16.4. The van der Waals surface area contributed by atoms with E-state index in [2.05, 4.69) is 23.4 Å². The Balaban J connectivity index is 2.15. The predicted octanol–water partition coefficient (Wildman–Crippen LogP) is 3.27. The number of carboxylic acid groups (broad SMARTS) is 1. The van der Waals surface area contributed by atoms with Gasteiger partial charge in [0.15, 0.2) is 0 Å². The summed E-state index contributed by atoms with van der Waals surface area (Å²) in [5.41, 5.74) is 2.19. The Kier molecular flexibility index (Phi) is 2.81. The number of aryl methyl sites for hydroxylation is 1. The van der Waals surface area contributed by atoms with Crippen molar-refractivity contribution in [1.29, 1.82) is 0 Å². The minimum atomic E-state index is -0.895. The number of nitrogens with zero attached hydrogens (tertiary/aromatic N) is 2.